The second-order valence-corrected chi connectivity index (χ2v) is 7.14. The fourth-order valence-electron chi connectivity index (χ4n) is 3.19. The first-order chi connectivity index (χ1) is 13.7. The molecule has 0 aliphatic rings. The van der Waals surface area contributed by atoms with Crippen molar-refractivity contribution < 1.29 is 0 Å². The summed E-state index contributed by atoms with van der Waals surface area (Å²) in [5.41, 5.74) is 6.53. The molecule has 3 nitrogen and oxygen atoms in total. The van der Waals surface area contributed by atoms with Crippen LogP contribution in [0.2, 0.25) is 5.02 Å². The van der Waals surface area contributed by atoms with Crippen LogP contribution in [-0.2, 0) is 13.0 Å². The number of imidazole rings is 1. The number of halogens is 1. The van der Waals surface area contributed by atoms with Crippen LogP contribution in [0.1, 0.15) is 22.4 Å². The van der Waals surface area contributed by atoms with Crippen molar-refractivity contribution in [1.82, 2.24) is 9.55 Å². The number of nitriles is 1. The lowest BCUT2D eigenvalue weighted by Crippen LogP contribution is -2.04. The van der Waals surface area contributed by atoms with Gasteiger partial charge in [-0.25, -0.2) is 4.98 Å². The molecule has 1 heterocycles. The SMILES string of the molecule is N#Cc1ccc(Cc2cncn2Cc2ccc(-c3ccc(Cl)cc3)cc2)cc1. The maximum Gasteiger partial charge on any atom is 0.0991 e. The lowest BCUT2D eigenvalue weighted by atomic mass is 10.0. The van der Waals surface area contributed by atoms with Crippen molar-refractivity contribution in [3.63, 3.8) is 0 Å². The molecule has 0 radical (unpaired) electrons. The monoisotopic (exact) mass is 383 g/mol. The molecule has 0 aliphatic heterocycles. The van der Waals surface area contributed by atoms with Gasteiger partial charge in [0.25, 0.3) is 0 Å². The fraction of sp³-hybridized carbons (Fsp3) is 0.0833. The van der Waals surface area contributed by atoms with Gasteiger partial charge >= 0.3 is 0 Å². The Morgan fingerprint density at radius 1 is 0.821 bits per heavy atom. The van der Waals surface area contributed by atoms with Crippen molar-refractivity contribution in [2.75, 3.05) is 0 Å². The van der Waals surface area contributed by atoms with Crippen molar-refractivity contribution in [1.29, 1.82) is 5.26 Å². The van der Waals surface area contributed by atoms with Crippen molar-refractivity contribution >= 4 is 11.6 Å². The Labute approximate surface area is 169 Å². The molecule has 0 aliphatic carbocycles. The molecule has 0 N–H and O–H groups in total. The molecule has 0 saturated carbocycles. The van der Waals surface area contributed by atoms with Gasteiger partial charge in [-0.15, -0.1) is 0 Å². The molecule has 1 aromatic heterocycles. The first-order valence-electron chi connectivity index (χ1n) is 9.04. The molecule has 0 fully saturated rings. The summed E-state index contributed by atoms with van der Waals surface area (Å²) >= 11 is 5.97. The Bertz CT molecular complexity index is 1100. The van der Waals surface area contributed by atoms with Crippen molar-refractivity contribution in [3.8, 4) is 17.2 Å². The summed E-state index contributed by atoms with van der Waals surface area (Å²) in [6.07, 6.45) is 4.56. The molecule has 0 unspecified atom stereocenters. The van der Waals surface area contributed by atoms with Crippen molar-refractivity contribution in [2.24, 2.45) is 0 Å². The smallest absolute Gasteiger partial charge is 0.0991 e. The van der Waals surface area contributed by atoms with E-state index in [1.807, 2.05) is 61.1 Å². The quantitative estimate of drug-likeness (QED) is 0.442. The van der Waals surface area contributed by atoms with Gasteiger partial charge in [0.15, 0.2) is 0 Å². The standard InChI is InChI=1S/C24H18ClN3/c25-23-11-9-22(10-12-23)21-7-5-20(6-8-21)16-28-17-27-15-24(28)13-18-1-3-19(14-26)4-2-18/h1-12,15,17H,13,16H2. The van der Waals surface area contributed by atoms with Gasteiger partial charge in [0.05, 0.1) is 18.0 Å². The summed E-state index contributed by atoms with van der Waals surface area (Å²) in [6.45, 7) is 0.770. The number of hydrogen-bond donors (Lipinski definition) is 0. The topological polar surface area (TPSA) is 41.6 Å². The Morgan fingerprint density at radius 2 is 1.43 bits per heavy atom. The normalized spacial score (nSPS) is 10.6. The zero-order valence-corrected chi connectivity index (χ0v) is 16.0. The van der Waals surface area contributed by atoms with E-state index in [4.69, 9.17) is 16.9 Å². The first kappa shape index (κ1) is 18.0. The zero-order chi connectivity index (χ0) is 19.3. The van der Waals surface area contributed by atoms with Gasteiger partial charge in [-0.2, -0.15) is 5.26 Å². The maximum absolute atomic E-state index is 8.93. The van der Waals surface area contributed by atoms with Gasteiger partial charge in [0, 0.05) is 29.9 Å². The van der Waals surface area contributed by atoms with E-state index in [-0.39, 0.29) is 0 Å². The van der Waals surface area contributed by atoms with Gasteiger partial charge in [-0.1, -0.05) is 60.1 Å². The Kier molecular flexibility index (Phi) is 5.23. The average molecular weight is 384 g/mol. The molecular weight excluding hydrogens is 366 g/mol. The molecule has 4 rings (SSSR count). The van der Waals surface area contributed by atoms with E-state index in [2.05, 4.69) is 39.9 Å². The Balaban J connectivity index is 1.48. The van der Waals surface area contributed by atoms with Crippen LogP contribution in [0.25, 0.3) is 11.1 Å². The molecule has 136 valence electrons. The Morgan fingerprint density at radius 3 is 2.07 bits per heavy atom. The van der Waals surface area contributed by atoms with E-state index in [9.17, 15) is 0 Å². The molecule has 3 aromatic carbocycles. The predicted octanol–water partition coefficient (Wildman–Crippen LogP) is 5.71. The van der Waals surface area contributed by atoms with E-state index in [0.29, 0.717) is 5.56 Å². The third-order valence-corrected chi connectivity index (χ3v) is 5.00. The lowest BCUT2D eigenvalue weighted by Gasteiger charge is -2.10. The number of nitrogens with zero attached hydrogens (tertiary/aromatic N) is 3. The van der Waals surface area contributed by atoms with E-state index in [0.717, 1.165) is 29.2 Å². The van der Waals surface area contributed by atoms with Crippen LogP contribution in [0, 0.1) is 11.3 Å². The Hall–Kier alpha value is -3.35. The van der Waals surface area contributed by atoms with Crippen LogP contribution in [-0.4, -0.2) is 9.55 Å². The number of rotatable bonds is 5. The summed E-state index contributed by atoms with van der Waals surface area (Å²) in [4.78, 5) is 4.32. The van der Waals surface area contributed by atoms with Crippen LogP contribution in [0.15, 0.2) is 85.3 Å². The molecule has 0 amide bonds. The van der Waals surface area contributed by atoms with Crippen molar-refractivity contribution in [2.45, 2.75) is 13.0 Å². The van der Waals surface area contributed by atoms with E-state index >= 15 is 0 Å². The highest BCUT2D eigenvalue weighted by atomic mass is 35.5. The molecular formula is C24H18ClN3. The highest BCUT2D eigenvalue weighted by Crippen LogP contribution is 2.22. The molecule has 0 atom stereocenters. The minimum Gasteiger partial charge on any atom is -0.330 e. The third kappa shape index (κ3) is 4.14. The second kappa shape index (κ2) is 8.12. The van der Waals surface area contributed by atoms with Gasteiger partial charge in [0.2, 0.25) is 0 Å². The van der Waals surface area contributed by atoms with E-state index in [1.54, 1.807) is 0 Å². The molecule has 28 heavy (non-hydrogen) atoms. The fourth-order valence-corrected chi connectivity index (χ4v) is 3.31. The van der Waals surface area contributed by atoms with Gasteiger partial charge in [0.1, 0.15) is 0 Å². The maximum atomic E-state index is 8.93. The summed E-state index contributed by atoms with van der Waals surface area (Å²) < 4.78 is 2.16. The summed E-state index contributed by atoms with van der Waals surface area (Å²) in [7, 11) is 0. The highest BCUT2D eigenvalue weighted by Gasteiger charge is 2.06. The molecule has 0 spiro atoms. The predicted molar refractivity (Wildman–Crippen MR) is 112 cm³/mol. The van der Waals surface area contributed by atoms with E-state index < -0.39 is 0 Å². The van der Waals surface area contributed by atoms with Gasteiger partial charge in [-0.3, -0.25) is 0 Å². The van der Waals surface area contributed by atoms with Crippen LogP contribution in [0.3, 0.4) is 0 Å². The minimum absolute atomic E-state index is 0.679. The minimum atomic E-state index is 0.679. The number of benzene rings is 3. The third-order valence-electron chi connectivity index (χ3n) is 4.75. The van der Waals surface area contributed by atoms with E-state index in [1.165, 1.54) is 16.7 Å². The highest BCUT2D eigenvalue weighted by molar-refractivity contribution is 6.30. The average Bonchev–Trinajstić information content (AvgIpc) is 3.16. The van der Waals surface area contributed by atoms with Gasteiger partial charge in [-0.05, 0) is 46.5 Å². The largest absolute Gasteiger partial charge is 0.330 e. The van der Waals surface area contributed by atoms with Crippen LogP contribution < -0.4 is 0 Å². The summed E-state index contributed by atoms with van der Waals surface area (Å²) in [5.74, 6) is 0. The van der Waals surface area contributed by atoms with Crippen LogP contribution in [0.4, 0.5) is 0 Å². The van der Waals surface area contributed by atoms with Crippen LogP contribution >= 0.6 is 11.6 Å². The van der Waals surface area contributed by atoms with Gasteiger partial charge < -0.3 is 4.57 Å². The first-order valence-corrected chi connectivity index (χ1v) is 9.42. The molecule has 0 saturated heterocycles. The zero-order valence-electron chi connectivity index (χ0n) is 15.2. The second-order valence-electron chi connectivity index (χ2n) is 6.70. The molecule has 0 bridgehead atoms. The lowest BCUT2D eigenvalue weighted by molar-refractivity contribution is 0.753. The van der Waals surface area contributed by atoms with Crippen LogP contribution in [0.5, 0.6) is 0 Å². The number of hydrogen-bond acceptors (Lipinski definition) is 2. The molecule has 4 heteroatoms. The molecule has 4 aromatic rings. The number of aromatic nitrogens is 2. The summed E-state index contributed by atoms with van der Waals surface area (Å²) in [6, 6.07) is 26.3. The summed E-state index contributed by atoms with van der Waals surface area (Å²) in [5, 5.41) is 9.67. The van der Waals surface area contributed by atoms with Crippen molar-refractivity contribution in [3.05, 3.63) is 113 Å².